The van der Waals surface area contributed by atoms with Crippen LogP contribution in [0.15, 0.2) is 53.4 Å². The Kier molecular flexibility index (Phi) is 6.05. The van der Waals surface area contributed by atoms with E-state index in [1.54, 1.807) is 17.0 Å². The van der Waals surface area contributed by atoms with Crippen molar-refractivity contribution in [1.29, 1.82) is 0 Å². The number of likely N-dealkylation sites (tertiary alicyclic amines) is 1. The van der Waals surface area contributed by atoms with Crippen LogP contribution >= 0.6 is 11.6 Å². The van der Waals surface area contributed by atoms with Gasteiger partial charge in [0, 0.05) is 31.0 Å². The van der Waals surface area contributed by atoms with Crippen molar-refractivity contribution in [2.24, 2.45) is 0 Å². The van der Waals surface area contributed by atoms with Crippen molar-refractivity contribution >= 4 is 33.3 Å². The Balaban J connectivity index is 1.64. The predicted molar refractivity (Wildman–Crippen MR) is 107 cm³/mol. The van der Waals surface area contributed by atoms with Crippen molar-refractivity contribution in [3.05, 3.63) is 64.7 Å². The fourth-order valence-electron chi connectivity index (χ4n) is 3.15. The first-order valence-corrected chi connectivity index (χ1v) is 11.2. The van der Waals surface area contributed by atoms with Gasteiger partial charge in [-0.05, 0) is 43.2 Å². The minimum Gasteiger partial charge on any atom is -0.349 e. The number of nitrogens with one attached hydrogen (secondary N) is 1. The lowest BCUT2D eigenvalue weighted by Crippen LogP contribution is -2.46. The average molecular weight is 421 g/mol. The molecule has 2 amide bonds. The minimum atomic E-state index is -3.43. The number of carbonyl (C=O) groups excluding carboxylic acids is 2. The average Bonchev–Trinajstić information content (AvgIpc) is 2.68. The molecule has 8 heteroatoms. The maximum absolute atomic E-state index is 12.8. The van der Waals surface area contributed by atoms with E-state index in [0.29, 0.717) is 31.5 Å². The third-order valence-corrected chi connectivity index (χ3v) is 6.19. The molecule has 1 saturated heterocycles. The number of halogens is 1. The van der Waals surface area contributed by atoms with Crippen LogP contribution in [-0.4, -0.2) is 50.5 Å². The number of carbonyl (C=O) groups is 2. The number of hydrogen-bond acceptors (Lipinski definition) is 4. The zero-order valence-electron chi connectivity index (χ0n) is 15.4. The monoisotopic (exact) mass is 420 g/mol. The fraction of sp³-hybridized carbons (Fsp3) is 0.300. The van der Waals surface area contributed by atoms with Crippen LogP contribution in [0.25, 0.3) is 0 Å². The molecule has 1 fully saturated rings. The first kappa shape index (κ1) is 20.4. The second-order valence-electron chi connectivity index (χ2n) is 6.82. The summed E-state index contributed by atoms with van der Waals surface area (Å²) < 4.78 is 23.5. The van der Waals surface area contributed by atoms with Crippen LogP contribution < -0.4 is 5.32 Å². The van der Waals surface area contributed by atoms with Crippen LogP contribution in [0.3, 0.4) is 0 Å². The summed E-state index contributed by atoms with van der Waals surface area (Å²) in [4.78, 5) is 26.8. The normalized spacial score (nSPS) is 15.3. The molecule has 0 aromatic heterocycles. The molecule has 0 saturated carbocycles. The number of rotatable bonds is 4. The molecule has 1 heterocycles. The molecule has 0 radical (unpaired) electrons. The van der Waals surface area contributed by atoms with E-state index in [-0.39, 0.29) is 33.3 Å². The molecule has 1 N–H and O–H groups in total. The number of nitrogens with zero attached hydrogens (tertiary/aromatic N) is 1. The molecular formula is C20H21ClN2O4S. The highest BCUT2D eigenvalue weighted by Crippen LogP contribution is 2.23. The maximum atomic E-state index is 12.8. The summed E-state index contributed by atoms with van der Waals surface area (Å²) in [7, 11) is -3.43. The number of piperidine rings is 1. The molecule has 148 valence electrons. The van der Waals surface area contributed by atoms with Gasteiger partial charge in [-0.25, -0.2) is 8.42 Å². The Morgan fingerprint density at radius 3 is 2.32 bits per heavy atom. The fourth-order valence-corrected chi connectivity index (χ4v) is 4.00. The second-order valence-corrected chi connectivity index (χ2v) is 9.24. The summed E-state index contributed by atoms with van der Waals surface area (Å²) in [5.41, 5.74) is 0.779. The topological polar surface area (TPSA) is 83.6 Å². The molecule has 0 atom stereocenters. The van der Waals surface area contributed by atoms with Gasteiger partial charge < -0.3 is 10.2 Å². The molecule has 0 spiro atoms. The van der Waals surface area contributed by atoms with Crippen LogP contribution in [-0.2, 0) is 9.84 Å². The van der Waals surface area contributed by atoms with Crippen LogP contribution in [0.4, 0.5) is 0 Å². The lowest BCUT2D eigenvalue weighted by atomic mass is 10.0. The molecule has 2 aromatic rings. The van der Waals surface area contributed by atoms with Crippen molar-refractivity contribution < 1.29 is 18.0 Å². The summed E-state index contributed by atoms with van der Waals surface area (Å²) in [6, 6.07) is 13.1. The minimum absolute atomic E-state index is 0.0189. The van der Waals surface area contributed by atoms with Gasteiger partial charge in [0.15, 0.2) is 9.84 Å². The van der Waals surface area contributed by atoms with Crippen LogP contribution in [0.1, 0.15) is 33.6 Å². The summed E-state index contributed by atoms with van der Waals surface area (Å²) in [5.74, 6) is -0.433. The SMILES string of the molecule is CS(=O)(=O)c1ccc(Cl)c(C(=O)N2CCC(NC(=O)c3ccccc3)CC2)c1. The van der Waals surface area contributed by atoms with Gasteiger partial charge in [-0.2, -0.15) is 0 Å². The molecule has 0 aliphatic carbocycles. The summed E-state index contributed by atoms with van der Waals surface area (Å²) in [5, 5.41) is 3.21. The molecule has 3 rings (SSSR count). The molecule has 0 bridgehead atoms. The Morgan fingerprint density at radius 1 is 1.07 bits per heavy atom. The van der Waals surface area contributed by atoms with Crippen molar-refractivity contribution in [3.63, 3.8) is 0 Å². The van der Waals surface area contributed by atoms with E-state index in [1.807, 2.05) is 18.2 Å². The number of benzene rings is 2. The Labute approximate surface area is 169 Å². The molecule has 6 nitrogen and oxygen atoms in total. The van der Waals surface area contributed by atoms with E-state index >= 15 is 0 Å². The smallest absolute Gasteiger partial charge is 0.255 e. The predicted octanol–water partition coefficient (Wildman–Crippen LogP) is 2.78. The zero-order valence-corrected chi connectivity index (χ0v) is 17.0. The number of hydrogen-bond donors (Lipinski definition) is 1. The lowest BCUT2D eigenvalue weighted by molar-refractivity contribution is 0.0698. The van der Waals surface area contributed by atoms with E-state index in [2.05, 4.69) is 5.32 Å². The van der Waals surface area contributed by atoms with E-state index < -0.39 is 9.84 Å². The van der Waals surface area contributed by atoms with Gasteiger partial charge in [0.25, 0.3) is 11.8 Å². The summed E-state index contributed by atoms with van der Waals surface area (Å²) in [6.07, 6.45) is 2.33. The molecule has 0 unspecified atom stereocenters. The first-order chi connectivity index (χ1) is 13.3. The Bertz CT molecular complexity index is 985. The van der Waals surface area contributed by atoms with Crippen LogP contribution in [0, 0.1) is 0 Å². The van der Waals surface area contributed by atoms with Crippen molar-refractivity contribution in [1.82, 2.24) is 10.2 Å². The molecule has 1 aliphatic rings. The highest BCUT2D eigenvalue weighted by Gasteiger charge is 2.26. The largest absolute Gasteiger partial charge is 0.349 e. The third kappa shape index (κ3) is 4.72. The molecular weight excluding hydrogens is 400 g/mol. The van der Waals surface area contributed by atoms with Crippen LogP contribution in [0.2, 0.25) is 5.02 Å². The van der Waals surface area contributed by atoms with Gasteiger partial charge >= 0.3 is 0 Å². The first-order valence-electron chi connectivity index (χ1n) is 8.90. The Hall–Kier alpha value is -2.38. The highest BCUT2D eigenvalue weighted by atomic mass is 35.5. The van der Waals surface area contributed by atoms with Gasteiger partial charge in [0.05, 0.1) is 15.5 Å². The lowest BCUT2D eigenvalue weighted by Gasteiger charge is -2.32. The summed E-state index contributed by atoms with van der Waals surface area (Å²) in [6.45, 7) is 0.913. The molecule has 28 heavy (non-hydrogen) atoms. The quantitative estimate of drug-likeness (QED) is 0.824. The van der Waals surface area contributed by atoms with Crippen molar-refractivity contribution in [2.75, 3.05) is 19.3 Å². The van der Waals surface area contributed by atoms with Crippen molar-refractivity contribution in [3.8, 4) is 0 Å². The Morgan fingerprint density at radius 2 is 1.71 bits per heavy atom. The van der Waals surface area contributed by atoms with Gasteiger partial charge in [-0.1, -0.05) is 29.8 Å². The maximum Gasteiger partial charge on any atom is 0.255 e. The third-order valence-electron chi connectivity index (χ3n) is 4.75. The van der Waals surface area contributed by atoms with Gasteiger partial charge in [-0.15, -0.1) is 0 Å². The molecule has 2 aromatic carbocycles. The number of sulfone groups is 1. The van der Waals surface area contributed by atoms with Crippen LogP contribution in [0.5, 0.6) is 0 Å². The number of amides is 2. The standard InChI is InChI=1S/C20H21ClN2O4S/c1-28(26,27)16-7-8-18(21)17(13-16)20(25)23-11-9-15(10-12-23)22-19(24)14-5-3-2-4-6-14/h2-8,13,15H,9-12H2,1H3,(H,22,24). The van der Waals surface area contributed by atoms with Gasteiger partial charge in [0.2, 0.25) is 0 Å². The summed E-state index contributed by atoms with van der Waals surface area (Å²) >= 11 is 6.13. The van der Waals surface area contributed by atoms with E-state index in [0.717, 1.165) is 6.26 Å². The van der Waals surface area contributed by atoms with Gasteiger partial charge in [-0.3, -0.25) is 9.59 Å². The van der Waals surface area contributed by atoms with E-state index in [4.69, 9.17) is 11.6 Å². The van der Waals surface area contributed by atoms with E-state index in [1.165, 1.54) is 18.2 Å². The van der Waals surface area contributed by atoms with E-state index in [9.17, 15) is 18.0 Å². The van der Waals surface area contributed by atoms with Crippen molar-refractivity contribution in [2.45, 2.75) is 23.8 Å². The zero-order chi connectivity index (χ0) is 20.3. The second kappa shape index (κ2) is 8.32. The highest BCUT2D eigenvalue weighted by molar-refractivity contribution is 7.90. The molecule has 1 aliphatic heterocycles. The van der Waals surface area contributed by atoms with Gasteiger partial charge in [0.1, 0.15) is 0 Å².